The Kier molecular flexibility index (Phi) is 4.66. The summed E-state index contributed by atoms with van der Waals surface area (Å²) in [4.78, 5) is 14.5. The minimum absolute atomic E-state index is 0.0756. The number of fused-ring (bicyclic) bond motifs is 1. The molecule has 0 bridgehead atoms. The van der Waals surface area contributed by atoms with Crippen LogP contribution in [0.1, 0.15) is 59.3 Å². The first-order valence-corrected chi connectivity index (χ1v) is 7.70. The average molecular weight is 252 g/mol. The number of carbonyl (C=O) groups excluding carboxylic acids is 1. The quantitative estimate of drug-likeness (QED) is 0.837. The summed E-state index contributed by atoms with van der Waals surface area (Å²) in [5.74, 6) is 1.15. The van der Waals surface area contributed by atoms with Crippen molar-refractivity contribution in [3.8, 4) is 0 Å². The molecule has 0 aromatic rings. The maximum atomic E-state index is 12.5. The fraction of sp³-hybridized carbons (Fsp3) is 0.933. The number of carbonyl (C=O) groups is 1. The van der Waals surface area contributed by atoms with Gasteiger partial charge in [-0.1, -0.05) is 12.8 Å². The summed E-state index contributed by atoms with van der Waals surface area (Å²) in [6.45, 7) is 7.11. The highest BCUT2D eigenvalue weighted by Gasteiger charge is 2.36. The van der Waals surface area contributed by atoms with Gasteiger partial charge < -0.3 is 10.2 Å². The van der Waals surface area contributed by atoms with Gasteiger partial charge in [0, 0.05) is 18.6 Å². The van der Waals surface area contributed by atoms with Gasteiger partial charge in [-0.15, -0.1) is 0 Å². The highest BCUT2D eigenvalue weighted by Crippen LogP contribution is 2.32. The molecule has 3 nitrogen and oxygen atoms in total. The van der Waals surface area contributed by atoms with E-state index in [9.17, 15) is 4.79 Å². The van der Waals surface area contributed by atoms with Crippen molar-refractivity contribution in [3.63, 3.8) is 0 Å². The lowest BCUT2D eigenvalue weighted by molar-refractivity contribution is -0.136. The van der Waals surface area contributed by atoms with Gasteiger partial charge in [0.25, 0.3) is 0 Å². The molecule has 1 aliphatic carbocycles. The van der Waals surface area contributed by atoms with E-state index >= 15 is 0 Å². The molecule has 1 N–H and O–H groups in total. The third-order valence-corrected chi connectivity index (χ3v) is 4.70. The van der Waals surface area contributed by atoms with Crippen LogP contribution in [-0.4, -0.2) is 35.5 Å². The Balaban J connectivity index is 1.95. The molecule has 2 aliphatic rings. The smallest absolute Gasteiger partial charge is 0.239 e. The molecule has 1 heterocycles. The molecule has 0 radical (unpaired) electrons. The van der Waals surface area contributed by atoms with E-state index in [2.05, 4.69) is 26.1 Å². The van der Waals surface area contributed by atoms with Crippen molar-refractivity contribution in [2.75, 3.05) is 6.54 Å². The topological polar surface area (TPSA) is 32.3 Å². The van der Waals surface area contributed by atoms with E-state index in [1.807, 2.05) is 4.90 Å². The van der Waals surface area contributed by atoms with Crippen LogP contribution in [0.15, 0.2) is 0 Å². The van der Waals surface area contributed by atoms with E-state index < -0.39 is 0 Å². The SMILES string of the molecule is CCN(C(=O)C1CCC2CCCCC2N1)C(C)C. The maximum absolute atomic E-state index is 12.5. The first kappa shape index (κ1) is 13.9. The largest absolute Gasteiger partial charge is 0.339 e. The summed E-state index contributed by atoms with van der Waals surface area (Å²) in [5, 5.41) is 3.63. The van der Waals surface area contributed by atoms with Gasteiger partial charge in [0.15, 0.2) is 0 Å². The van der Waals surface area contributed by atoms with Crippen LogP contribution in [0, 0.1) is 5.92 Å². The van der Waals surface area contributed by atoms with E-state index in [0.29, 0.717) is 18.0 Å². The molecule has 2 fully saturated rings. The molecule has 3 unspecified atom stereocenters. The van der Waals surface area contributed by atoms with Crippen molar-refractivity contribution in [2.24, 2.45) is 5.92 Å². The molecular formula is C15H28N2O. The van der Waals surface area contributed by atoms with Gasteiger partial charge in [-0.3, -0.25) is 4.79 Å². The summed E-state index contributed by atoms with van der Waals surface area (Å²) >= 11 is 0. The number of nitrogens with zero attached hydrogens (tertiary/aromatic N) is 1. The van der Waals surface area contributed by atoms with Crippen LogP contribution in [-0.2, 0) is 4.79 Å². The fourth-order valence-electron chi connectivity index (χ4n) is 3.67. The summed E-state index contributed by atoms with van der Waals surface area (Å²) in [7, 11) is 0. The predicted octanol–water partition coefficient (Wildman–Crippen LogP) is 2.55. The number of piperidine rings is 1. The second-order valence-corrected chi connectivity index (χ2v) is 6.17. The lowest BCUT2D eigenvalue weighted by Crippen LogP contribution is -2.56. The number of likely N-dealkylation sites (N-methyl/N-ethyl adjacent to an activating group) is 1. The Hall–Kier alpha value is -0.570. The number of amides is 1. The van der Waals surface area contributed by atoms with Crippen LogP contribution in [0.25, 0.3) is 0 Å². The predicted molar refractivity (Wildman–Crippen MR) is 74.4 cm³/mol. The standard InChI is InChI=1S/C15H28N2O/c1-4-17(11(2)3)15(18)14-10-9-12-7-5-6-8-13(12)16-14/h11-14,16H,4-10H2,1-3H3. The number of hydrogen-bond donors (Lipinski definition) is 1. The fourth-order valence-corrected chi connectivity index (χ4v) is 3.67. The number of rotatable bonds is 3. The van der Waals surface area contributed by atoms with Gasteiger partial charge in [0.2, 0.25) is 5.91 Å². The molecule has 18 heavy (non-hydrogen) atoms. The van der Waals surface area contributed by atoms with E-state index in [-0.39, 0.29) is 6.04 Å². The lowest BCUT2D eigenvalue weighted by Gasteiger charge is -2.41. The summed E-state index contributed by atoms with van der Waals surface area (Å²) in [6.07, 6.45) is 7.61. The van der Waals surface area contributed by atoms with Gasteiger partial charge in [0.1, 0.15) is 0 Å². The molecule has 3 heteroatoms. The Bertz CT molecular complexity index is 290. The molecular weight excluding hydrogens is 224 g/mol. The normalized spacial score (nSPS) is 32.1. The molecule has 1 saturated heterocycles. The molecule has 1 amide bonds. The third kappa shape index (κ3) is 2.87. The molecule has 0 spiro atoms. The Morgan fingerprint density at radius 3 is 2.61 bits per heavy atom. The molecule has 1 aliphatic heterocycles. The highest BCUT2D eigenvalue weighted by molar-refractivity contribution is 5.82. The minimum atomic E-state index is 0.0756. The van der Waals surface area contributed by atoms with E-state index in [0.717, 1.165) is 18.9 Å². The average Bonchev–Trinajstić information content (AvgIpc) is 2.38. The van der Waals surface area contributed by atoms with Crippen molar-refractivity contribution in [1.29, 1.82) is 0 Å². The van der Waals surface area contributed by atoms with Crippen molar-refractivity contribution in [1.82, 2.24) is 10.2 Å². The Morgan fingerprint density at radius 2 is 1.94 bits per heavy atom. The van der Waals surface area contributed by atoms with Crippen LogP contribution in [0.4, 0.5) is 0 Å². The highest BCUT2D eigenvalue weighted by atomic mass is 16.2. The van der Waals surface area contributed by atoms with Crippen LogP contribution in [0.2, 0.25) is 0 Å². The van der Waals surface area contributed by atoms with Gasteiger partial charge in [-0.2, -0.15) is 0 Å². The summed E-state index contributed by atoms with van der Waals surface area (Å²) in [6, 6.07) is 0.993. The molecule has 3 atom stereocenters. The second-order valence-electron chi connectivity index (χ2n) is 6.17. The van der Waals surface area contributed by atoms with Crippen molar-refractivity contribution in [3.05, 3.63) is 0 Å². The van der Waals surface area contributed by atoms with Crippen LogP contribution in [0.3, 0.4) is 0 Å². The van der Waals surface area contributed by atoms with Crippen LogP contribution >= 0.6 is 0 Å². The number of hydrogen-bond acceptors (Lipinski definition) is 2. The van der Waals surface area contributed by atoms with Crippen molar-refractivity contribution in [2.45, 2.75) is 77.4 Å². The third-order valence-electron chi connectivity index (χ3n) is 4.70. The zero-order valence-electron chi connectivity index (χ0n) is 12.1. The Labute approximate surface area is 111 Å². The minimum Gasteiger partial charge on any atom is -0.339 e. The van der Waals surface area contributed by atoms with Crippen molar-refractivity contribution >= 4 is 5.91 Å². The van der Waals surface area contributed by atoms with Crippen LogP contribution in [0.5, 0.6) is 0 Å². The van der Waals surface area contributed by atoms with Gasteiger partial charge in [-0.25, -0.2) is 0 Å². The summed E-state index contributed by atoms with van der Waals surface area (Å²) in [5.41, 5.74) is 0. The zero-order chi connectivity index (χ0) is 13.1. The van der Waals surface area contributed by atoms with Gasteiger partial charge in [0.05, 0.1) is 6.04 Å². The second kappa shape index (κ2) is 6.05. The first-order chi connectivity index (χ1) is 8.63. The monoisotopic (exact) mass is 252 g/mol. The van der Waals surface area contributed by atoms with E-state index in [4.69, 9.17) is 0 Å². The molecule has 0 aromatic carbocycles. The maximum Gasteiger partial charge on any atom is 0.239 e. The molecule has 1 saturated carbocycles. The molecule has 104 valence electrons. The number of nitrogens with one attached hydrogen (secondary N) is 1. The van der Waals surface area contributed by atoms with Gasteiger partial charge >= 0.3 is 0 Å². The van der Waals surface area contributed by atoms with E-state index in [1.165, 1.54) is 32.1 Å². The summed E-state index contributed by atoms with van der Waals surface area (Å²) < 4.78 is 0. The molecule has 2 rings (SSSR count). The van der Waals surface area contributed by atoms with E-state index in [1.54, 1.807) is 0 Å². The molecule has 0 aromatic heterocycles. The zero-order valence-corrected chi connectivity index (χ0v) is 12.1. The Morgan fingerprint density at radius 1 is 1.22 bits per heavy atom. The van der Waals surface area contributed by atoms with Gasteiger partial charge in [-0.05, 0) is 52.4 Å². The first-order valence-electron chi connectivity index (χ1n) is 7.70. The lowest BCUT2D eigenvalue weighted by atomic mass is 9.77. The van der Waals surface area contributed by atoms with Crippen molar-refractivity contribution < 1.29 is 4.79 Å². The van der Waals surface area contributed by atoms with Crippen LogP contribution < -0.4 is 5.32 Å².